The predicted molar refractivity (Wildman–Crippen MR) is 84.8 cm³/mol. The van der Waals surface area contributed by atoms with Gasteiger partial charge in [0.2, 0.25) is 0 Å². The summed E-state index contributed by atoms with van der Waals surface area (Å²) in [4.78, 5) is 4.14. The van der Waals surface area contributed by atoms with Gasteiger partial charge in [0.1, 0.15) is 0 Å². The van der Waals surface area contributed by atoms with Gasteiger partial charge >= 0.3 is 0 Å². The van der Waals surface area contributed by atoms with Gasteiger partial charge in [0.15, 0.2) is 5.03 Å². The molecule has 1 aromatic heterocycles. The lowest BCUT2D eigenvalue weighted by molar-refractivity contribution is 0.372. The Morgan fingerprint density at radius 1 is 1.43 bits per heavy atom. The highest BCUT2D eigenvalue weighted by Crippen LogP contribution is 2.33. The number of sulfonamides is 1. The van der Waals surface area contributed by atoms with Gasteiger partial charge in [-0.1, -0.05) is 13.8 Å². The summed E-state index contributed by atoms with van der Waals surface area (Å²) in [5.74, 6) is 0.485. The minimum Gasteiger partial charge on any atom is -0.383 e. The number of aromatic nitrogens is 1. The molecule has 0 radical (unpaired) electrons. The van der Waals surface area contributed by atoms with E-state index >= 15 is 0 Å². The quantitative estimate of drug-likeness (QED) is 0.802. The molecule has 1 fully saturated rings. The summed E-state index contributed by atoms with van der Waals surface area (Å²) in [7, 11) is -3.53. The lowest BCUT2D eigenvalue weighted by Gasteiger charge is -2.23. The topological polar surface area (TPSA) is 62.3 Å². The smallest absolute Gasteiger partial charge is 0.262 e. The van der Waals surface area contributed by atoms with Crippen molar-refractivity contribution in [1.82, 2.24) is 9.29 Å². The summed E-state index contributed by atoms with van der Waals surface area (Å²) in [6.45, 7) is 7.42. The first-order valence-corrected chi connectivity index (χ1v) is 9.11. The fraction of sp³-hybridized carbons (Fsp3) is 0.667. The Morgan fingerprint density at radius 3 is 2.71 bits per heavy atom. The molecule has 1 heterocycles. The molecule has 118 valence electrons. The summed E-state index contributed by atoms with van der Waals surface area (Å²) in [5, 5.41) is 3.25. The summed E-state index contributed by atoms with van der Waals surface area (Å²) in [5.41, 5.74) is 0.593. The van der Waals surface area contributed by atoms with E-state index in [4.69, 9.17) is 0 Å². The SMILES string of the molecule is CCNc1cccnc1S(=O)(=O)N(CCC(C)C)C1CC1. The van der Waals surface area contributed by atoms with Gasteiger partial charge in [-0.2, -0.15) is 4.31 Å². The first-order chi connectivity index (χ1) is 9.96. The molecule has 1 saturated carbocycles. The van der Waals surface area contributed by atoms with Crippen LogP contribution in [-0.2, 0) is 10.0 Å². The van der Waals surface area contributed by atoms with E-state index in [2.05, 4.69) is 24.1 Å². The average molecular weight is 311 g/mol. The van der Waals surface area contributed by atoms with E-state index in [1.807, 2.05) is 6.92 Å². The Morgan fingerprint density at radius 2 is 2.14 bits per heavy atom. The maximum atomic E-state index is 12.9. The molecule has 5 nitrogen and oxygen atoms in total. The molecule has 0 aromatic carbocycles. The van der Waals surface area contributed by atoms with Crippen LogP contribution in [0.2, 0.25) is 0 Å². The van der Waals surface area contributed by atoms with Crippen molar-refractivity contribution in [2.75, 3.05) is 18.4 Å². The van der Waals surface area contributed by atoms with Crippen LogP contribution in [0.5, 0.6) is 0 Å². The first kappa shape index (κ1) is 16.2. The zero-order valence-corrected chi connectivity index (χ0v) is 13.9. The van der Waals surface area contributed by atoms with Crippen molar-refractivity contribution in [2.45, 2.75) is 51.1 Å². The summed E-state index contributed by atoms with van der Waals surface area (Å²) in [6, 6.07) is 3.69. The number of hydrogen-bond donors (Lipinski definition) is 1. The zero-order chi connectivity index (χ0) is 15.5. The predicted octanol–water partition coefficient (Wildman–Crippen LogP) is 2.71. The Hall–Kier alpha value is -1.14. The molecule has 1 N–H and O–H groups in total. The third-order valence-corrected chi connectivity index (χ3v) is 5.48. The standard InChI is InChI=1S/C15H25N3O2S/c1-4-16-14-6-5-10-17-15(14)21(19,20)18(13-7-8-13)11-9-12(2)3/h5-6,10,12-13,16H,4,7-9,11H2,1-3H3. The molecule has 0 aliphatic heterocycles. The van der Waals surface area contributed by atoms with Gasteiger partial charge in [0.05, 0.1) is 5.69 Å². The largest absolute Gasteiger partial charge is 0.383 e. The normalized spacial score (nSPS) is 15.7. The lowest BCUT2D eigenvalue weighted by Crippen LogP contribution is -2.35. The fourth-order valence-electron chi connectivity index (χ4n) is 2.28. The van der Waals surface area contributed by atoms with Crippen LogP contribution in [0.25, 0.3) is 0 Å². The van der Waals surface area contributed by atoms with E-state index in [1.54, 1.807) is 22.6 Å². The molecule has 2 rings (SSSR count). The number of nitrogens with zero attached hydrogens (tertiary/aromatic N) is 2. The molecular weight excluding hydrogens is 286 g/mol. The van der Waals surface area contributed by atoms with Crippen LogP contribution in [0.1, 0.15) is 40.0 Å². The minimum absolute atomic E-state index is 0.155. The number of hydrogen-bond acceptors (Lipinski definition) is 4. The zero-order valence-electron chi connectivity index (χ0n) is 13.0. The highest BCUT2D eigenvalue weighted by atomic mass is 32.2. The average Bonchev–Trinajstić information content (AvgIpc) is 3.24. The highest BCUT2D eigenvalue weighted by molar-refractivity contribution is 7.89. The molecule has 6 heteroatoms. The molecule has 0 unspecified atom stereocenters. The van der Waals surface area contributed by atoms with Crippen molar-refractivity contribution in [3.8, 4) is 0 Å². The molecule has 1 aliphatic rings. The summed E-state index contributed by atoms with van der Waals surface area (Å²) >= 11 is 0. The lowest BCUT2D eigenvalue weighted by atomic mass is 10.1. The van der Waals surface area contributed by atoms with Crippen molar-refractivity contribution in [3.05, 3.63) is 18.3 Å². The highest BCUT2D eigenvalue weighted by Gasteiger charge is 2.39. The van der Waals surface area contributed by atoms with E-state index in [9.17, 15) is 8.42 Å². The molecule has 0 bridgehead atoms. The van der Waals surface area contributed by atoms with Gasteiger partial charge in [0, 0.05) is 25.3 Å². The van der Waals surface area contributed by atoms with Crippen LogP contribution in [0.15, 0.2) is 23.4 Å². The maximum absolute atomic E-state index is 12.9. The number of rotatable bonds is 8. The monoisotopic (exact) mass is 311 g/mol. The van der Waals surface area contributed by atoms with E-state index in [0.717, 1.165) is 19.3 Å². The van der Waals surface area contributed by atoms with Gasteiger partial charge in [0.25, 0.3) is 10.0 Å². The molecule has 0 spiro atoms. The Balaban J connectivity index is 2.30. The van der Waals surface area contributed by atoms with Crippen LogP contribution in [0, 0.1) is 5.92 Å². The maximum Gasteiger partial charge on any atom is 0.262 e. The van der Waals surface area contributed by atoms with Gasteiger partial charge in [-0.3, -0.25) is 0 Å². The third kappa shape index (κ3) is 3.95. The molecule has 0 atom stereocenters. The first-order valence-electron chi connectivity index (χ1n) is 7.67. The second-order valence-corrected chi connectivity index (χ2v) is 7.72. The van der Waals surface area contributed by atoms with Crippen molar-refractivity contribution in [2.24, 2.45) is 5.92 Å². The van der Waals surface area contributed by atoms with Crippen LogP contribution in [0.3, 0.4) is 0 Å². The van der Waals surface area contributed by atoms with Crippen LogP contribution >= 0.6 is 0 Å². The number of anilines is 1. The number of pyridine rings is 1. The van der Waals surface area contributed by atoms with Crippen molar-refractivity contribution < 1.29 is 8.42 Å². The summed E-state index contributed by atoms with van der Waals surface area (Å²) < 4.78 is 27.5. The van der Waals surface area contributed by atoms with Gasteiger partial charge in [-0.05, 0) is 44.2 Å². The van der Waals surface area contributed by atoms with Gasteiger partial charge in [-0.15, -0.1) is 0 Å². The second kappa shape index (κ2) is 6.75. The van der Waals surface area contributed by atoms with E-state index in [1.165, 1.54) is 0 Å². The number of nitrogens with one attached hydrogen (secondary N) is 1. The van der Waals surface area contributed by atoms with E-state index in [-0.39, 0.29) is 11.1 Å². The minimum atomic E-state index is -3.53. The molecule has 1 aromatic rings. The Kier molecular flexibility index (Phi) is 5.22. The van der Waals surface area contributed by atoms with Crippen LogP contribution < -0.4 is 5.32 Å². The van der Waals surface area contributed by atoms with Crippen LogP contribution in [-0.4, -0.2) is 36.8 Å². The van der Waals surface area contributed by atoms with E-state index < -0.39 is 10.0 Å². The molecule has 1 aliphatic carbocycles. The summed E-state index contributed by atoms with van der Waals surface area (Å²) in [6.07, 6.45) is 4.34. The third-order valence-electron chi connectivity index (χ3n) is 3.57. The van der Waals surface area contributed by atoms with Crippen molar-refractivity contribution >= 4 is 15.7 Å². The second-order valence-electron chi connectivity index (χ2n) is 5.92. The molecular formula is C15H25N3O2S. The van der Waals surface area contributed by atoms with Gasteiger partial charge < -0.3 is 5.32 Å². The molecule has 0 amide bonds. The van der Waals surface area contributed by atoms with Crippen molar-refractivity contribution in [3.63, 3.8) is 0 Å². The van der Waals surface area contributed by atoms with Crippen LogP contribution in [0.4, 0.5) is 5.69 Å². The molecule has 0 saturated heterocycles. The fourth-order valence-corrected chi connectivity index (χ4v) is 4.06. The van der Waals surface area contributed by atoms with Crippen molar-refractivity contribution in [1.29, 1.82) is 0 Å². The Bertz CT molecular complexity index is 568. The molecule has 21 heavy (non-hydrogen) atoms. The van der Waals surface area contributed by atoms with E-state index in [0.29, 0.717) is 24.7 Å². The Labute approximate surface area is 127 Å². The van der Waals surface area contributed by atoms with Gasteiger partial charge in [-0.25, -0.2) is 13.4 Å².